The highest BCUT2D eigenvalue weighted by Gasteiger charge is 2.31. The van der Waals surface area contributed by atoms with Crippen LogP contribution in [0, 0.1) is 10.1 Å². The minimum absolute atomic E-state index is 0.202. The van der Waals surface area contributed by atoms with E-state index in [1.807, 2.05) is 6.07 Å². The Hall–Kier alpha value is -1.72. The van der Waals surface area contributed by atoms with Crippen molar-refractivity contribution in [1.82, 2.24) is 0 Å². The van der Waals surface area contributed by atoms with Crippen LogP contribution in [0.1, 0.15) is 21.8 Å². The fourth-order valence-electron chi connectivity index (χ4n) is 2.18. The Morgan fingerprint density at radius 2 is 1.73 bits per heavy atom. The molecule has 2 atom stereocenters. The molecule has 0 heterocycles. The molecule has 0 saturated heterocycles. The summed E-state index contributed by atoms with van der Waals surface area (Å²) in [5.74, 6) is -0.744. The zero-order valence-corrected chi connectivity index (χ0v) is 13.8. The summed E-state index contributed by atoms with van der Waals surface area (Å²) in [4.78, 5) is 22.4. The van der Waals surface area contributed by atoms with Crippen LogP contribution in [0.5, 0.6) is 0 Å². The molecular formula is C16H13BrClNO3. The maximum absolute atomic E-state index is 12.5. The molecule has 0 fully saturated rings. The van der Waals surface area contributed by atoms with E-state index in [1.165, 1.54) is 0 Å². The highest BCUT2D eigenvalue weighted by molar-refractivity contribution is 9.10. The molecule has 0 N–H and O–H groups in total. The van der Waals surface area contributed by atoms with Crippen molar-refractivity contribution in [3.63, 3.8) is 0 Å². The molecule has 6 heteroatoms. The van der Waals surface area contributed by atoms with Crippen LogP contribution in [-0.2, 0) is 0 Å². The van der Waals surface area contributed by atoms with Crippen LogP contribution in [0.25, 0.3) is 0 Å². The van der Waals surface area contributed by atoms with Crippen LogP contribution in [0.15, 0.2) is 54.6 Å². The molecule has 2 unspecified atom stereocenters. The minimum atomic E-state index is -0.679. The Labute approximate surface area is 141 Å². The van der Waals surface area contributed by atoms with E-state index in [-0.39, 0.29) is 12.3 Å². The summed E-state index contributed by atoms with van der Waals surface area (Å²) in [5.41, 5.74) is 1.22. The fraction of sp³-hybridized carbons (Fsp3) is 0.188. The number of halogens is 2. The fourth-order valence-corrected chi connectivity index (χ4v) is 3.05. The van der Waals surface area contributed by atoms with Gasteiger partial charge >= 0.3 is 0 Å². The molecule has 2 aromatic rings. The molecule has 0 aromatic heterocycles. The maximum atomic E-state index is 12.5. The first kappa shape index (κ1) is 16.6. The number of hydrogen-bond donors (Lipinski definition) is 0. The van der Waals surface area contributed by atoms with Gasteiger partial charge in [-0.1, -0.05) is 57.9 Å². The average Bonchev–Trinajstić information content (AvgIpc) is 2.52. The van der Waals surface area contributed by atoms with Gasteiger partial charge in [-0.25, -0.2) is 0 Å². The van der Waals surface area contributed by atoms with Gasteiger partial charge in [-0.15, -0.1) is 0 Å². The monoisotopic (exact) mass is 381 g/mol. The van der Waals surface area contributed by atoms with Crippen molar-refractivity contribution in [3.8, 4) is 0 Å². The lowest BCUT2D eigenvalue weighted by Crippen LogP contribution is -2.28. The molecule has 0 amide bonds. The molecule has 4 nitrogen and oxygen atoms in total. The highest BCUT2D eigenvalue weighted by atomic mass is 79.9. The lowest BCUT2D eigenvalue weighted by atomic mass is 9.91. The van der Waals surface area contributed by atoms with Gasteiger partial charge in [0.2, 0.25) is 6.54 Å². The Balaban J connectivity index is 2.28. The van der Waals surface area contributed by atoms with Gasteiger partial charge in [0.1, 0.15) is 0 Å². The van der Waals surface area contributed by atoms with Crippen molar-refractivity contribution in [2.75, 3.05) is 6.54 Å². The number of benzene rings is 2. The molecule has 0 saturated carbocycles. The van der Waals surface area contributed by atoms with Crippen molar-refractivity contribution < 1.29 is 9.72 Å². The van der Waals surface area contributed by atoms with Gasteiger partial charge < -0.3 is 0 Å². The Morgan fingerprint density at radius 1 is 1.14 bits per heavy atom. The van der Waals surface area contributed by atoms with Crippen LogP contribution in [-0.4, -0.2) is 22.1 Å². The predicted octanol–water partition coefficient (Wildman–Crippen LogP) is 4.35. The normalized spacial score (nSPS) is 13.4. The first-order valence-corrected chi connectivity index (χ1v) is 7.89. The van der Waals surface area contributed by atoms with Gasteiger partial charge in [0.15, 0.2) is 5.78 Å². The van der Waals surface area contributed by atoms with E-state index < -0.39 is 15.7 Å². The first-order chi connectivity index (χ1) is 10.5. The van der Waals surface area contributed by atoms with Gasteiger partial charge in [-0.05, 0) is 29.8 Å². The summed E-state index contributed by atoms with van der Waals surface area (Å²) in [5, 5.41) is 11.5. The van der Waals surface area contributed by atoms with Gasteiger partial charge in [-0.3, -0.25) is 14.9 Å². The quantitative estimate of drug-likeness (QED) is 0.323. The van der Waals surface area contributed by atoms with E-state index in [9.17, 15) is 14.9 Å². The number of alkyl halides is 1. The SMILES string of the molecule is O=C(c1ccc(Cl)cc1)C(Br)C(C[N+](=O)[O-])c1ccccc1. The highest BCUT2D eigenvalue weighted by Crippen LogP contribution is 2.28. The number of Topliss-reactive ketones (excluding diaryl/α,β-unsaturated/α-hetero) is 1. The van der Waals surface area contributed by atoms with Crippen LogP contribution in [0.4, 0.5) is 0 Å². The maximum Gasteiger partial charge on any atom is 0.212 e. The van der Waals surface area contributed by atoms with Crippen LogP contribution >= 0.6 is 27.5 Å². The molecule has 0 aliphatic rings. The number of rotatable bonds is 6. The summed E-state index contributed by atoms with van der Waals surface area (Å²) >= 11 is 9.15. The number of carbonyl (C=O) groups excluding carboxylic acids is 1. The summed E-state index contributed by atoms with van der Waals surface area (Å²) in [6, 6.07) is 15.5. The minimum Gasteiger partial charge on any atom is -0.293 e. The standard InChI is InChI=1S/C16H13BrClNO3/c17-15(16(20)12-6-8-13(18)9-7-12)14(10-19(21)22)11-4-2-1-3-5-11/h1-9,14-15H,10H2. The lowest BCUT2D eigenvalue weighted by Gasteiger charge is -2.18. The van der Waals surface area contributed by atoms with E-state index in [4.69, 9.17) is 11.6 Å². The van der Waals surface area contributed by atoms with Gasteiger partial charge in [-0.2, -0.15) is 0 Å². The first-order valence-electron chi connectivity index (χ1n) is 6.59. The number of hydrogen-bond acceptors (Lipinski definition) is 3. The number of nitrogens with zero attached hydrogens (tertiary/aromatic N) is 1. The van der Waals surface area contributed by atoms with Crippen molar-refractivity contribution in [3.05, 3.63) is 80.9 Å². The predicted molar refractivity (Wildman–Crippen MR) is 89.5 cm³/mol. The third kappa shape index (κ3) is 4.15. The molecule has 0 bridgehead atoms. The topological polar surface area (TPSA) is 60.2 Å². The second kappa shape index (κ2) is 7.51. The second-order valence-electron chi connectivity index (χ2n) is 4.81. The van der Waals surface area contributed by atoms with Crippen LogP contribution in [0.2, 0.25) is 5.02 Å². The van der Waals surface area contributed by atoms with Crippen molar-refractivity contribution >= 4 is 33.3 Å². The molecule has 0 aliphatic carbocycles. The Kier molecular flexibility index (Phi) is 5.69. The molecule has 2 aromatic carbocycles. The van der Waals surface area contributed by atoms with Crippen LogP contribution < -0.4 is 0 Å². The summed E-state index contributed by atoms with van der Waals surface area (Å²) in [6.07, 6.45) is 0. The van der Waals surface area contributed by atoms with Crippen LogP contribution in [0.3, 0.4) is 0 Å². The molecule has 22 heavy (non-hydrogen) atoms. The number of ketones is 1. The zero-order valence-electron chi connectivity index (χ0n) is 11.5. The molecule has 114 valence electrons. The number of carbonyl (C=O) groups is 1. The lowest BCUT2D eigenvalue weighted by molar-refractivity contribution is -0.483. The third-order valence-corrected chi connectivity index (χ3v) is 4.61. The molecular weight excluding hydrogens is 370 g/mol. The summed E-state index contributed by atoms with van der Waals surface area (Å²) < 4.78 is 0. The summed E-state index contributed by atoms with van der Waals surface area (Å²) in [6.45, 7) is -0.320. The van der Waals surface area contributed by atoms with E-state index in [1.54, 1.807) is 48.5 Å². The van der Waals surface area contributed by atoms with E-state index in [0.717, 1.165) is 5.56 Å². The average molecular weight is 383 g/mol. The Morgan fingerprint density at radius 3 is 2.27 bits per heavy atom. The molecule has 2 rings (SSSR count). The largest absolute Gasteiger partial charge is 0.293 e. The second-order valence-corrected chi connectivity index (χ2v) is 6.23. The van der Waals surface area contributed by atoms with Crippen molar-refractivity contribution in [2.24, 2.45) is 0 Å². The molecule has 0 spiro atoms. The Bertz CT molecular complexity index is 661. The number of nitro groups is 1. The summed E-state index contributed by atoms with van der Waals surface area (Å²) in [7, 11) is 0. The van der Waals surface area contributed by atoms with Gasteiger partial charge in [0.25, 0.3) is 0 Å². The third-order valence-electron chi connectivity index (χ3n) is 3.31. The van der Waals surface area contributed by atoms with Crippen molar-refractivity contribution in [1.29, 1.82) is 0 Å². The smallest absolute Gasteiger partial charge is 0.212 e. The zero-order chi connectivity index (χ0) is 16.1. The molecule has 0 radical (unpaired) electrons. The van der Waals surface area contributed by atoms with E-state index in [0.29, 0.717) is 10.6 Å². The molecule has 0 aliphatic heterocycles. The van der Waals surface area contributed by atoms with E-state index >= 15 is 0 Å². The van der Waals surface area contributed by atoms with E-state index in [2.05, 4.69) is 15.9 Å². The van der Waals surface area contributed by atoms with Gasteiger partial charge in [0, 0.05) is 15.5 Å². The van der Waals surface area contributed by atoms with Gasteiger partial charge in [0.05, 0.1) is 10.7 Å². The van der Waals surface area contributed by atoms with Crippen molar-refractivity contribution in [2.45, 2.75) is 10.7 Å².